The Morgan fingerprint density at radius 2 is 1.95 bits per heavy atom. The number of hydrogen-bond acceptors (Lipinski definition) is 9. The zero-order valence-electron chi connectivity index (χ0n) is 23.0. The second-order valence-electron chi connectivity index (χ2n) is 10.8. The van der Waals surface area contributed by atoms with Crippen molar-refractivity contribution in [2.45, 2.75) is 58.0 Å². The summed E-state index contributed by atoms with van der Waals surface area (Å²) in [6, 6.07) is 11.2. The molecular weight excluding hydrogens is 516 g/mol. The monoisotopic (exact) mass is 552 g/mol. The Morgan fingerprint density at radius 1 is 1.18 bits per heavy atom. The zero-order valence-corrected chi connectivity index (χ0v) is 23.8. The van der Waals surface area contributed by atoms with E-state index in [0.717, 1.165) is 18.4 Å². The van der Waals surface area contributed by atoms with Gasteiger partial charge in [-0.15, -0.1) is 0 Å². The molecule has 3 aromatic heterocycles. The van der Waals surface area contributed by atoms with Crippen LogP contribution in [0.15, 0.2) is 53.7 Å². The highest BCUT2D eigenvalue weighted by atomic mass is 32.2. The van der Waals surface area contributed by atoms with E-state index in [1.165, 1.54) is 18.2 Å². The molecule has 11 heteroatoms. The fourth-order valence-electron chi connectivity index (χ4n) is 4.43. The van der Waals surface area contributed by atoms with Gasteiger partial charge in [0.2, 0.25) is 5.88 Å². The number of nitrogens with one attached hydrogen (secondary N) is 1. The first-order valence-corrected chi connectivity index (χ1v) is 14.5. The van der Waals surface area contributed by atoms with E-state index in [9.17, 15) is 13.2 Å². The van der Waals surface area contributed by atoms with Gasteiger partial charge in [0.15, 0.2) is 5.03 Å². The highest BCUT2D eigenvalue weighted by Gasteiger charge is 2.41. The van der Waals surface area contributed by atoms with E-state index in [1.54, 1.807) is 24.4 Å². The van der Waals surface area contributed by atoms with Crippen molar-refractivity contribution < 1.29 is 17.9 Å². The van der Waals surface area contributed by atoms with Crippen LogP contribution in [0.4, 0.5) is 11.6 Å². The summed E-state index contributed by atoms with van der Waals surface area (Å²) in [5, 5.41) is -0.334. The van der Waals surface area contributed by atoms with Crippen LogP contribution in [0.1, 0.15) is 57.8 Å². The van der Waals surface area contributed by atoms with E-state index in [0.29, 0.717) is 42.4 Å². The first kappa shape index (κ1) is 28.3. The summed E-state index contributed by atoms with van der Waals surface area (Å²) >= 11 is 0. The Kier molecular flexibility index (Phi) is 8.10. The Morgan fingerprint density at radius 3 is 2.56 bits per heavy atom. The van der Waals surface area contributed by atoms with Crippen molar-refractivity contribution >= 4 is 27.6 Å². The Bertz CT molecular complexity index is 1440. The maximum Gasteiger partial charge on any atom is 0.281 e. The summed E-state index contributed by atoms with van der Waals surface area (Å²) in [6.45, 7) is 11.9. The number of pyridine rings is 3. The predicted molar refractivity (Wildman–Crippen MR) is 151 cm³/mol. The number of ether oxygens (including phenoxy) is 1. The van der Waals surface area contributed by atoms with Crippen molar-refractivity contribution in [2.75, 3.05) is 23.8 Å². The number of nitrogens with zero attached hydrogens (tertiary/aromatic N) is 4. The molecule has 1 aliphatic rings. The number of hydrogen-bond donors (Lipinski definition) is 2. The molecule has 10 nitrogen and oxygen atoms in total. The lowest BCUT2D eigenvalue weighted by atomic mass is 9.90. The maximum absolute atomic E-state index is 13.4. The Labute approximate surface area is 230 Å². The molecule has 1 aliphatic heterocycles. The number of carbonyl (C=O) groups is 1. The molecule has 1 amide bonds. The van der Waals surface area contributed by atoms with Crippen LogP contribution in [0, 0.1) is 11.8 Å². The standard InChI is InChI=1S/C28H36N6O4S/c1-18(2)14-16-38-24-12-9-20(17-30-24)22-11-10-21(26(31-22)34-15-13-19(3)28(34,4)5)27(35)33-39(36,37)25-8-6-7-23(29)32-25/h6-12,17-19H,13-16H2,1-5H3,(H2,29,32)(H,33,35). The minimum Gasteiger partial charge on any atom is -0.478 e. The summed E-state index contributed by atoms with van der Waals surface area (Å²) in [5.74, 6) is 1.06. The second kappa shape index (κ2) is 11.2. The predicted octanol–water partition coefficient (Wildman–Crippen LogP) is 4.29. The number of aromatic nitrogens is 3. The fraction of sp³-hybridized carbons (Fsp3) is 0.429. The molecule has 3 N–H and O–H groups in total. The Hall–Kier alpha value is -3.73. The van der Waals surface area contributed by atoms with Crippen LogP contribution in [-0.4, -0.2) is 48.0 Å². The van der Waals surface area contributed by atoms with Crippen molar-refractivity contribution in [1.82, 2.24) is 19.7 Å². The third-order valence-corrected chi connectivity index (χ3v) is 8.52. The lowest BCUT2D eigenvalue weighted by molar-refractivity contribution is 0.0981. The fourth-order valence-corrected chi connectivity index (χ4v) is 5.37. The third-order valence-electron chi connectivity index (χ3n) is 7.29. The summed E-state index contributed by atoms with van der Waals surface area (Å²) in [7, 11) is -4.25. The molecule has 208 valence electrons. The van der Waals surface area contributed by atoms with Gasteiger partial charge in [-0.05, 0) is 68.9 Å². The van der Waals surface area contributed by atoms with Gasteiger partial charge in [0, 0.05) is 29.9 Å². The van der Waals surface area contributed by atoms with E-state index in [-0.39, 0.29) is 21.9 Å². The van der Waals surface area contributed by atoms with E-state index < -0.39 is 15.9 Å². The van der Waals surface area contributed by atoms with Gasteiger partial charge in [-0.25, -0.2) is 19.7 Å². The molecule has 1 unspecified atom stereocenters. The number of amides is 1. The molecule has 39 heavy (non-hydrogen) atoms. The van der Waals surface area contributed by atoms with Gasteiger partial charge in [0.05, 0.1) is 17.9 Å². The number of sulfonamides is 1. The maximum atomic E-state index is 13.4. The van der Waals surface area contributed by atoms with Crippen LogP contribution < -0.4 is 20.1 Å². The molecule has 0 radical (unpaired) electrons. The van der Waals surface area contributed by atoms with Gasteiger partial charge >= 0.3 is 0 Å². The van der Waals surface area contributed by atoms with Crippen molar-refractivity contribution in [3.05, 3.63) is 54.2 Å². The lowest BCUT2D eigenvalue weighted by Gasteiger charge is -2.36. The molecule has 1 saturated heterocycles. The number of anilines is 2. The van der Waals surface area contributed by atoms with Gasteiger partial charge in [0.1, 0.15) is 11.6 Å². The zero-order chi connectivity index (χ0) is 28.4. The lowest BCUT2D eigenvalue weighted by Crippen LogP contribution is -2.43. The minimum atomic E-state index is -4.25. The number of nitrogens with two attached hydrogens (primary N) is 1. The summed E-state index contributed by atoms with van der Waals surface area (Å²) in [6.07, 6.45) is 3.53. The normalized spacial score (nSPS) is 16.9. The van der Waals surface area contributed by atoms with Crippen molar-refractivity contribution in [3.8, 4) is 17.1 Å². The van der Waals surface area contributed by atoms with Gasteiger partial charge in [-0.1, -0.05) is 26.8 Å². The topological polar surface area (TPSA) is 140 Å². The molecule has 4 rings (SSSR count). The molecular formula is C28H36N6O4S. The number of nitrogen functional groups attached to an aromatic ring is 1. The highest BCUT2D eigenvalue weighted by Crippen LogP contribution is 2.39. The quantitative estimate of drug-likeness (QED) is 0.398. The van der Waals surface area contributed by atoms with Gasteiger partial charge in [-0.3, -0.25) is 4.79 Å². The van der Waals surface area contributed by atoms with E-state index in [1.807, 2.05) is 6.07 Å². The van der Waals surface area contributed by atoms with Crippen molar-refractivity contribution in [1.29, 1.82) is 0 Å². The minimum absolute atomic E-state index is 0.0368. The largest absolute Gasteiger partial charge is 0.478 e. The van der Waals surface area contributed by atoms with Crippen molar-refractivity contribution in [3.63, 3.8) is 0 Å². The van der Waals surface area contributed by atoms with Gasteiger partial charge in [0.25, 0.3) is 15.9 Å². The van der Waals surface area contributed by atoms with E-state index in [4.69, 9.17) is 15.5 Å². The average molecular weight is 553 g/mol. The SMILES string of the molecule is CC(C)CCOc1ccc(-c2ccc(C(=O)NS(=O)(=O)c3cccc(N)n3)c(N3CCC(C)C3(C)C)n2)cn1. The molecule has 3 aromatic rings. The molecule has 0 spiro atoms. The summed E-state index contributed by atoms with van der Waals surface area (Å²) in [5.41, 5.74) is 6.85. The smallest absolute Gasteiger partial charge is 0.281 e. The molecule has 1 atom stereocenters. The highest BCUT2D eigenvalue weighted by molar-refractivity contribution is 7.90. The molecule has 0 saturated carbocycles. The average Bonchev–Trinajstić information content (AvgIpc) is 3.15. The molecule has 0 bridgehead atoms. The first-order valence-electron chi connectivity index (χ1n) is 13.1. The summed E-state index contributed by atoms with van der Waals surface area (Å²) < 4.78 is 33.7. The van der Waals surface area contributed by atoms with Crippen LogP contribution in [0.3, 0.4) is 0 Å². The van der Waals surface area contributed by atoms with Crippen LogP contribution >= 0.6 is 0 Å². The molecule has 0 aromatic carbocycles. The van der Waals surface area contributed by atoms with Crippen LogP contribution in [0.25, 0.3) is 11.3 Å². The Balaban J connectivity index is 1.67. The van der Waals surface area contributed by atoms with Gasteiger partial charge < -0.3 is 15.4 Å². The van der Waals surface area contributed by atoms with Gasteiger partial charge in [-0.2, -0.15) is 8.42 Å². The third kappa shape index (κ3) is 6.30. The van der Waals surface area contributed by atoms with Crippen molar-refractivity contribution in [2.24, 2.45) is 11.8 Å². The molecule has 1 fully saturated rings. The van der Waals surface area contributed by atoms with E-state index >= 15 is 0 Å². The molecule has 4 heterocycles. The van der Waals surface area contributed by atoms with Crippen LogP contribution in [-0.2, 0) is 10.0 Å². The summed E-state index contributed by atoms with van der Waals surface area (Å²) in [4.78, 5) is 28.6. The number of carbonyl (C=O) groups excluding carboxylic acids is 1. The van der Waals surface area contributed by atoms with Crippen LogP contribution in [0.2, 0.25) is 0 Å². The van der Waals surface area contributed by atoms with Crippen LogP contribution in [0.5, 0.6) is 5.88 Å². The molecule has 0 aliphatic carbocycles. The second-order valence-corrected chi connectivity index (χ2v) is 12.4. The number of rotatable bonds is 9. The van der Waals surface area contributed by atoms with E-state index in [2.05, 4.69) is 54.2 Å². The first-order chi connectivity index (χ1) is 18.4.